The molecule has 2 aromatic rings. The number of methoxy groups -OCH3 is 1. The van der Waals surface area contributed by atoms with Crippen LogP contribution in [0.3, 0.4) is 0 Å². The SMILES string of the molecule is CCCCOC(=O)c1c(OC)c(F)cc2ccccc12. The van der Waals surface area contributed by atoms with E-state index in [1.54, 1.807) is 24.3 Å². The molecule has 106 valence electrons. The molecule has 0 aliphatic rings. The van der Waals surface area contributed by atoms with Crippen LogP contribution in [0.15, 0.2) is 30.3 Å². The Balaban J connectivity index is 2.50. The lowest BCUT2D eigenvalue weighted by atomic mass is 10.0. The molecule has 0 N–H and O–H groups in total. The van der Waals surface area contributed by atoms with E-state index in [4.69, 9.17) is 9.47 Å². The van der Waals surface area contributed by atoms with E-state index in [9.17, 15) is 9.18 Å². The number of halogens is 1. The van der Waals surface area contributed by atoms with E-state index in [0.717, 1.165) is 12.8 Å². The van der Waals surface area contributed by atoms with Crippen LogP contribution in [0.25, 0.3) is 10.8 Å². The van der Waals surface area contributed by atoms with Gasteiger partial charge in [-0.25, -0.2) is 9.18 Å². The number of fused-ring (bicyclic) bond motifs is 1. The first-order valence-corrected chi connectivity index (χ1v) is 6.61. The quantitative estimate of drug-likeness (QED) is 0.613. The Hall–Kier alpha value is -2.10. The molecule has 0 radical (unpaired) electrons. The van der Waals surface area contributed by atoms with Crippen molar-refractivity contribution in [3.05, 3.63) is 41.7 Å². The minimum atomic E-state index is -0.561. The molecule has 0 heterocycles. The van der Waals surface area contributed by atoms with Crippen LogP contribution in [0, 0.1) is 5.82 Å². The summed E-state index contributed by atoms with van der Waals surface area (Å²) in [5.74, 6) is -1.18. The fourth-order valence-corrected chi connectivity index (χ4v) is 2.08. The molecule has 0 saturated carbocycles. The molecule has 20 heavy (non-hydrogen) atoms. The average molecular weight is 276 g/mol. The second kappa shape index (κ2) is 6.37. The van der Waals surface area contributed by atoms with Crippen molar-refractivity contribution in [2.45, 2.75) is 19.8 Å². The van der Waals surface area contributed by atoms with Gasteiger partial charge in [-0.15, -0.1) is 0 Å². The summed E-state index contributed by atoms with van der Waals surface area (Å²) < 4.78 is 24.2. The summed E-state index contributed by atoms with van der Waals surface area (Å²) in [5.41, 5.74) is 0.152. The number of hydrogen-bond acceptors (Lipinski definition) is 3. The van der Waals surface area contributed by atoms with Crippen molar-refractivity contribution < 1.29 is 18.7 Å². The summed E-state index contributed by atoms with van der Waals surface area (Å²) in [7, 11) is 1.34. The molecule has 0 atom stereocenters. The van der Waals surface area contributed by atoms with Crippen LogP contribution in [0.2, 0.25) is 0 Å². The predicted molar refractivity (Wildman–Crippen MR) is 75.6 cm³/mol. The molecule has 0 spiro atoms. The number of carbonyl (C=O) groups excluding carboxylic acids is 1. The van der Waals surface area contributed by atoms with Crippen LogP contribution in [0.1, 0.15) is 30.1 Å². The van der Waals surface area contributed by atoms with Crippen LogP contribution in [0.4, 0.5) is 4.39 Å². The third-order valence-corrected chi connectivity index (χ3v) is 3.10. The van der Waals surface area contributed by atoms with Crippen LogP contribution in [-0.2, 0) is 4.74 Å². The Bertz CT molecular complexity index is 622. The average Bonchev–Trinajstić information content (AvgIpc) is 2.45. The minimum Gasteiger partial charge on any atom is -0.493 e. The van der Waals surface area contributed by atoms with Crippen LogP contribution >= 0.6 is 0 Å². The summed E-state index contributed by atoms with van der Waals surface area (Å²) in [6.45, 7) is 2.33. The predicted octanol–water partition coefficient (Wildman–Crippen LogP) is 3.94. The normalized spacial score (nSPS) is 10.6. The third-order valence-electron chi connectivity index (χ3n) is 3.10. The highest BCUT2D eigenvalue weighted by atomic mass is 19.1. The summed E-state index contributed by atoms with van der Waals surface area (Å²) in [6.07, 6.45) is 1.70. The molecular weight excluding hydrogens is 259 g/mol. The van der Waals surface area contributed by atoms with Gasteiger partial charge in [-0.1, -0.05) is 37.6 Å². The van der Waals surface area contributed by atoms with E-state index in [2.05, 4.69) is 0 Å². The van der Waals surface area contributed by atoms with Gasteiger partial charge in [0.1, 0.15) is 5.56 Å². The standard InChI is InChI=1S/C16H17FO3/c1-3-4-9-20-16(18)14-12-8-6-5-7-11(12)10-13(17)15(14)19-2/h5-8,10H,3-4,9H2,1-2H3. The van der Waals surface area contributed by atoms with Gasteiger partial charge in [-0.3, -0.25) is 0 Å². The molecular formula is C16H17FO3. The molecule has 0 bridgehead atoms. The molecule has 2 rings (SSSR count). The summed E-state index contributed by atoms with van der Waals surface area (Å²) in [6, 6.07) is 8.45. The van der Waals surface area contributed by atoms with Gasteiger partial charge in [-0.2, -0.15) is 0 Å². The Morgan fingerprint density at radius 2 is 2.05 bits per heavy atom. The lowest BCUT2D eigenvalue weighted by molar-refractivity contribution is 0.0497. The highest BCUT2D eigenvalue weighted by molar-refractivity contribution is 6.07. The number of benzene rings is 2. The van der Waals surface area contributed by atoms with Gasteiger partial charge in [0, 0.05) is 5.39 Å². The van der Waals surface area contributed by atoms with Crippen molar-refractivity contribution in [3.8, 4) is 5.75 Å². The van der Waals surface area contributed by atoms with E-state index in [-0.39, 0.29) is 11.3 Å². The van der Waals surface area contributed by atoms with Crippen molar-refractivity contribution in [1.29, 1.82) is 0 Å². The Labute approximate surface area is 117 Å². The zero-order valence-corrected chi connectivity index (χ0v) is 11.6. The first kappa shape index (κ1) is 14.3. The first-order valence-electron chi connectivity index (χ1n) is 6.61. The molecule has 0 unspecified atom stereocenters. The summed E-state index contributed by atoms with van der Waals surface area (Å²) >= 11 is 0. The molecule has 3 nitrogen and oxygen atoms in total. The number of esters is 1. The minimum absolute atomic E-state index is 0.0646. The van der Waals surface area contributed by atoms with Crippen molar-refractivity contribution in [2.75, 3.05) is 13.7 Å². The fraction of sp³-hybridized carbons (Fsp3) is 0.312. The lowest BCUT2D eigenvalue weighted by Crippen LogP contribution is -2.10. The Morgan fingerprint density at radius 3 is 2.75 bits per heavy atom. The first-order chi connectivity index (χ1) is 9.69. The van der Waals surface area contributed by atoms with Gasteiger partial charge < -0.3 is 9.47 Å². The summed E-state index contributed by atoms with van der Waals surface area (Å²) in [4.78, 5) is 12.2. The van der Waals surface area contributed by atoms with Crippen molar-refractivity contribution in [2.24, 2.45) is 0 Å². The van der Waals surface area contributed by atoms with E-state index in [1.165, 1.54) is 13.2 Å². The lowest BCUT2D eigenvalue weighted by Gasteiger charge is -2.12. The second-order valence-corrected chi connectivity index (χ2v) is 4.48. The van der Waals surface area contributed by atoms with Crippen LogP contribution in [0.5, 0.6) is 5.75 Å². The number of unbranched alkanes of at least 4 members (excludes halogenated alkanes) is 1. The van der Waals surface area contributed by atoms with E-state index in [0.29, 0.717) is 17.4 Å². The number of hydrogen-bond donors (Lipinski definition) is 0. The number of ether oxygens (including phenoxy) is 2. The second-order valence-electron chi connectivity index (χ2n) is 4.48. The Kier molecular flexibility index (Phi) is 4.56. The highest BCUT2D eigenvalue weighted by Crippen LogP contribution is 2.31. The maximum Gasteiger partial charge on any atom is 0.342 e. The van der Waals surface area contributed by atoms with Gasteiger partial charge in [0.15, 0.2) is 11.6 Å². The van der Waals surface area contributed by atoms with Crippen LogP contribution < -0.4 is 4.74 Å². The molecule has 0 amide bonds. The molecule has 0 fully saturated rings. The monoisotopic (exact) mass is 276 g/mol. The molecule has 0 aromatic heterocycles. The summed E-state index contributed by atoms with van der Waals surface area (Å²) in [5, 5.41) is 1.28. The van der Waals surface area contributed by atoms with Gasteiger partial charge >= 0.3 is 5.97 Å². The highest BCUT2D eigenvalue weighted by Gasteiger charge is 2.21. The maximum absolute atomic E-state index is 14.0. The largest absolute Gasteiger partial charge is 0.493 e. The van der Waals surface area contributed by atoms with Crippen molar-refractivity contribution in [3.63, 3.8) is 0 Å². The fourth-order valence-electron chi connectivity index (χ4n) is 2.08. The van der Waals surface area contributed by atoms with E-state index < -0.39 is 11.8 Å². The Morgan fingerprint density at radius 1 is 1.30 bits per heavy atom. The van der Waals surface area contributed by atoms with E-state index in [1.807, 2.05) is 6.92 Å². The molecule has 4 heteroatoms. The molecule has 0 saturated heterocycles. The maximum atomic E-state index is 14.0. The zero-order valence-electron chi connectivity index (χ0n) is 11.6. The third kappa shape index (κ3) is 2.74. The molecule has 2 aromatic carbocycles. The molecule has 0 aliphatic carbocycles. The zero-order chi connectivity index (χ0) is 14.5. The van der Waals surface area contributed by atoms with E-state index >= 15 is 0 Å². The van der Waals surface area contributed by atoms with Crippen molar-refractivity contribution >= 4 is 16.7 Å². The van der Waals surface area contributed by atoms with Crippen molar-refractivity contribution in [1.82, 2.24) is 0 Å². The van der Waals surface area contributed by atoms with Gasteiger partial charge in [-0.05, 0) is 17.9 Å². The van der Waals surface area contributed by atoms with Gasteiger partial charge in [0.05, 0.1) is 13.7 Å². The van der Waals surface area contributed by atoms with Gasteiger partial charge in [0.2, 0.25) is 0 Å². The number of rotatable bonds is 5. The van der Waals surface area contributed by atoms with Crippen LogP contribution in [-0.4, -0.2) is 19.7 Å². The van der Waals surface area contributed by atoms with Gasteiger partial charge in [0.25, 0.3) is 0 Å². The smallest absolute Gasteiger partial charge is 0.342 e. The number of carbonyl (C=O) groups is 1. The topological polar surface area (TPSA) is 35.5 Å². The molecule has 0 aliphatic heterocycles.